The molecular weight excluding hydrogens is 398 g/mol. The van der Waals surface area contributed by atoms with Crippen molar-refractivity contribution >= 4 is 5.82 Å². The summed E-state index contributed by atoms with van der Waals surface area (Å²) >= 11 is 0. The molecular formula is C21H19F4N5. The van der Waals surface area contributed by atoms with Crippen LogP contribution in [-0.2, 0) is 12.7 Å². The van der Waals surface area contributed by atoms with Gasteiger partial charge in [0.2, 0.25) is 0 Å². The van der Waals surface area contributed by atoms with Gasteiger partial charge in [0, 0.05) is 44.5 Å². The van der Waals surface area contributed by atoms with Crippen LogP contribution in [0.15, 0.2) is 55.0 Å². The SMILES string of the molecule is Fc1c(-c2ccccc2)ncnc1N1CCN(Cc2ccnc(C(F)(F)F)c2)CC1. The van der Waals surface area contributed by atoms with Gasteiger partial charge in [-0.3, -0.25) is 9.88 Å². The predicted molar refractivity (Wildman–Crippen MR) is 104 cm³/mol. The first kappa shape index (κ1) is 20.2. The third kappa shape index (κ3) is 4.40. The highest BCUT2D eigenvalue weighted by Gasteiger charge is 2.32. The van der Waals surface area contributed by atoms with E-state index in [9.17, 15) is 13.2 Å². The molecule has 0 bridgehead atoms. The molecule has 1 fully saturated rings. The van der Waals surface area contributed by atoms with Gasteiger partial charge in [0.05, 0.1) is 0 Å². The summed E-state index contributed by atoms with van der Waals surface area (Å²) in [5.74, 6) is -0.229. The fourth-order valence-electron chi connectivity index (χ4n) is 3.48. The first-order chi connectivity index (χ1) is 14.4. The van der Waals surface area contributed by atoms with Crippen molar-refractivity contribution in [2.45, 2.75) is 12.7 Å². The monoisotopic (exact) mass is 417 g/mol. The lowest BCUT2D eigenvalue weighted by Gasteiger charge is -2.35. The van der Waals surface area contributed by atoms with Gasteiger partial charge >= 0.3 is 6.18 Å². The third-order valence-corrected chi connectivity index (χ3v) is 5.01. The zero-order chi connectivity index (χ0) is 21.1. The Morgan fingerprint density at radius 2 is 1.63 bits per heavy atom. The molecule has 1 saturated heterocycles. The normalized spacial score (nSPS) is 15.4. The topological polar surface area (TPSA) is 45.2 Å². The van der Waals surface area contributed by atoms with Gasteiger partial charge in [-0.1, -0.05) is 30.3 Å². The Balaban J connectivity index is 1.43. The van der Waals surface area contributed by atoms with E-state index in [0.29, 0.717) is 43.9 Å². The minimum absolute atomic E-state index is 0.242. The van der Waals surface area contributed by atoms with Crippen LogP contribution in [0.1, 0.15) is 11.3 Å². The van der Waals surface area contributed by atoms with Crippen LogP contribution in [-0.4, -0.2) is 46.0 Å². The van der Waals surface area contributed by atoms with E-state index in [4.69, 9.17) is 0 Å². The number of alkyl halides is 3. The van der Waals surface area contributed by atoms with E-state index in [0.717, 1.165) is 6.07 Å². The lowest BCUT2D eigenvalue weighted by atomic mass is 10.1. The molecule has 5 nitrogen and oxygen atoms in total. The Kier molecular flexibility index (Phi) is 5.63. The lowest BCUT2D eigenvalue weighted by Crippen LogP contribution is -2.46. The van der Waals surface area contributed by atoms with Crippen molar-refractivity contribution in [3.05, 3.63) is 72.1 Å². The van der Waals surface area contributed by atoms with E-state index < -0.39 is 17.7 Å². The molecule has 0 unspecified atom stereocenters. The second kappa shape index (κ2) is 8.35. The molecule has 0 saturated carbocycles. The molecule has 156 valence electrons. The minimum Gasteiger partial charge on any atom is -0.352 e. The molecule has 0 amide bonds. The van der Waals surface area contributed by atoms with Crippen molar-refractivity contribution in [2.24, 2.45) is 0 Å². The van der Waals surface area contributed by atoms with E-state index >= 15 is 4.39 Å². The Morgan fingerprint density at radius 1 is 0.900 bits per heavy atom. The van der Waals surface area contributed by atoms with Crippen molar-refractivity contribution in [2.75, 3.05) is 31.1 Å². The van der Waals surface area contributed by atoms with Crippen LogP contribution in [0, 0.1) is 5.82 Å². The summed E-state index contributed by atoms with van der Waals surface area (Å²) in [6.07, 6.45) is -1.94. The standard InChI is InChI=1S/C21H19F4N5/c22-18-19(16-4-2-1-3-5-16)27-14-28-20(18)30-10-8-29(9-11-30)13-15-6-7-26-17(12-15)21(23,24)25/h1-7,12,14H,8-11,13H2. The maximum atomic E-state index is 15.0. The largest absolute Gasteiger partial charge is 0.433 e. The van der Waals surface area contributed by atoms with Crippen molar-refractivity contribution in [1.29, 1.82) is 0 Å². The molecule has 4 rings (SSSR count). The molecule has 1 aliphatic heterocycles. The Bertz CT molecular complexity index is 1000. The molecule has 1 aromatic carbocycles. The highest BCUT2D eigenvalue weighted by Crippen LogP contribution is 2.29. The summed E-state index contributed by atoms with van der Waals surface area (Å²) in [7, 11) is 0. The molecule has 9 heteroatoms. The number of benzene rings is 1. The minimum atomic E-state index is -4.46. The number of aromatic nitrogens is 3. The fraction of sp³-hybridized carbons (Fsp3) is 0.286. The van der Waals surface area contributed by atoms with Gasteiger partial charge in [0.1, 0.15) is 17.7 Å². The smallest absolute Gasteiger partial charge is 0.352 e. The molecule has 0 radical (unpaired) electrons. The number of piperazine rings is 1. The Morgan fingerprint density at radius 3 is 2.33 bits per heavy atom. The maximum Gasteiger partial charge on any atom is 0.433 e. The second-order valence-electron chi connectivity index (χ2n) is 7.04. The summed E-state index contributed by atoms with van der Waals surface area (Å²) in [5, 5.41) is 0. The van der Waals surface area contributed by atoms with Crippen molar-refractivity contribution in [3.63, 3.8) is 0 Å². The maximum absolute atomic E-state index is 15.0. The fourth-order valence-corrected chi connectivity index (χ4v) is 3.48. The van der Waals surface area contributed by atoms with Crippen LogP contribution in [0.5, 0.6) is 0 Å². The van der Waals surface area contributed by atoms with Gasteiger partial charge < -0.3 is 4.90 Å². The summed E-state index contributed by atoms with van der Waals surface area (Å²) in [6.45, 7) is 2.56. The van der Waals surface area contributed by atoms with Crippen LogP contribution in [0.25, 0.3) is 11.3 Å². The lowest BCUT2D eigenvalue weighted by molar-refractivity contribution is -0.141. The van der Waals surface area contributed by atoms with Gasteiger partial charge in [-0.15, -0.1) is 0 Å². The van der Waals surface area contributed by atoms with E-state index in [1.54, 1.807) is 18.2 Å². The summed E-state index contributed by atoms with van der Waals surface area (Å²) in [4.78, 5) is 15.5. The molecule has 3 aromatic rings. The molecule has 0 atom stereocenters. The molecule has 0 N–H and O–H groups in total. The second-order valence-corrected chi connectivity index (χ2v) is 7.04. The van der Waals surface area contributed by atoms with Crippen molar-refractivity contribution < 1.29 is 17.6 Å². The van der Waals surface area contributed by atoms with Gasteiger partial charge in [-0.25, -0.2) is 14.4 Å². The van der Waals surface area contributed by atoms with Gasteiger partial charge in [-0.2, -0.15) is 13.2 Å². The number of pyridine rings is 1. The number of nitrogens with zero attached hydrogens (tertiary/aromatic N) is 5. The molecule has 30 heavy (non-hydrogen) atoms. The quantitative estimate of drug-likeness (QED) is 0.600. The average Bonchev–Trinajstić information content (AvgIpc) is 2.75. The van der Waals surface area contributed by atoms with E-state index in [1.165, 1.54) is 12.5 Å². The number of hydrogen-bond acceptors (Lipinski definition) is 5. The predicted octanol–water partition coefficient (Wildman–Crippen LogP) is 4.02. The Hall–Kier alpha value is -3.07. The van der Waals surface area contributed by atoms with E-state index in [2.05, 4.69) is 15.0 Å². The van der Waals surface area contributed by atoms with Crippen molar-refractivity contribution in [1.82, 2.24) is 19.9 Å². The zero-order valence-electron chi connectivity index (χ0n) is 16.0. The summed E-state index contributed by atoms with van der Waals surface area (Å²) in [6, 6.07) is 11.7. The van der Waals surface area contributed by atoms with Gasteiger partial charge in [0.15, 0.2) is 11.6 Å². The summed E-state index contributed by atoms with van der Waals surface area (Å²) in [5.41, 5.74) is 0.579. The molecule has 1 aliphatic rings. The molecule has 2 aromatic heterocycles. The zero-order valence-corrected chi connectivity index (χ0v) is 16.0. The third-order valence-electron chi connectivity index (χ3n) is 5.01. The van der Waals surface area contributed by atoms with Crippen LogP contribution < -0.4 is 4.90 Å². The highest BCUT2D eigenvalue weighted by molar-refractivity contribution is 5.63. The Labute approximate surface area is 171 Å². The van der Waals surface area contributed by atoms with Gasteiger partial charge in [-0.05, 0) is 17.7 Å². The first-order valence-electron chi connectivity index (χ1n) is 9.47. The first-order valence-corrected chi connectivity index (χ1v) is 9.47. The number of anilines is 1. The van der Waals surface area contributed by atoms with Gasteiger partial charge in [0.25, 0.3) is 0 Å². The van der Waals surface area contributed by atoms with Crippen LogP contribution in [0.2, 0.25) is 0 Å². The molecule has 0 spiro atoms. The van der Waals surface area contributed by atoms with Crippen LogP contribution in [0.3, 0.4) is 0 Å². The summed E-state index contributed by atoms with van der Waals surface area (Å²) < 4.78 is 53.6. The van der Waals surface area contributed by atoms with Crippen LogP contribution >= 0.6 is 0 Å². The van der Waals surface area contributed by atoms with Crippen molar-refractivity contribution in [3.8, 4) is 11.3 Å². The average molecular weight is 417 g/mol. The van der Waals surface area contributed by atoms with E-state index in [1.807, 2.05) is 28.0 Å². The highest BCUT2D eigenvalue weighted by atomic mass is 19.4. The van der Waals surface area contributed by atoms with E-state index in [-0.39, 0.29) is 11.5 Å². The van der Waals surface area contributed by atoms with Crippen LogP contribution in [0.4, 0.5) is 23.4 Å². The number of hydrogen-bond donors (Lipinski definition) is 0. The number of halogens is 4. The molecule has 3 heterocycles. The molecule has 0 aliphatic carbocycles. The number of rotatable bonds is 4.